The first-order chi connectivity index (χ1) is 11.6. The fourth-order valence-electron chi connectivity index (χ4n) is 2.21. The summed E-state index contributed by atoms with van der Waals surface area (Å²) in [6.45, 7) is 3.72. The minimum absolute atomic E-state index is 0.0907. The number of carbonyl (C=O) groups excluding carboxylic acids is 2. The van der Waals surface area contributed by atoms with E-state index in [1.807, 2.05) is 6.07 Å². The van der Waals surface area contributed by atoms with Crippen molar-refractivity contribution in [2.45, 2.75) is 5.92 Å². The molecule has 2 rings (SSSR count). The summed E-state index contributed by atoms with van der Waals surface area (Å²) in [5.74, 6) is -1.41. The molecular formula is C19H18ClNO3. The number of hydrogen-bond donors (Lipinski definition) is 1. The zero-order chi connectivity index (χ0) is 17.4. The summed E-state index contributed by atoms with van der Waals surface area (Å²) in [6, 6.07) is 15.8. The van der Waals surface area contributed by atoms with Crippen molar-refractivity contribution in [3.63, 3.8) is 0 Å². The Morgan fingerprint density at radius 1 is 1.12 bits per heavy atom. The molecule has 4 nitrogen and oxygen atoms in total. The van der Waals surface area contributed by atoms with Gasteiger partial charge in [-0.1, -0.05) is 60.7 Å². The number of benzene rings is 2. The molecule has 0 unspecified atom stereocenters. The lowest BCUT2D eigenvalue weighted by atomic mass is 9.99. The van der Waals surface area contributed by atoms with Crippen molar-refractivity contribution in [3.8, 4) is 0 Å². The predicted octanol–water partition coefficient (Wildman–Crippen LogP) is 3.58. The Labute approximate surface area is 146 Å². The van der Waals surface area contributed by atoms with E-state index in [-0.39, 0.29) is 19.1 Å². The molecular weight excluding hydrogens is 326 g/mol. The molecule has 0 heterocycles. The topological polar surface area (TPSA) is 55.4 Å². The number of amides is 1. The molecule has 5 heteroatoms. The Morgan fingerprint density at radius 3 is 2.46 bits per heavy atom. The standard InChI is InChI=1S/C19H18ClNO3/c1-2-12-24-19(23)16(15-10-6-7-11-17(15)20)13-21-18(22)14-8-4-3-5-9-14/h2-11,16H,1,12-13H2,(H,21,22)/t16-/m1/s1. The SMILES string of the molecule is C=CCOC(=O)[C@H](CNC(=O)c1ccccc1)c1ccccc1Cl. The molecule has 124 valence electrons. The predicted molar refractivity (Wildman–Crippen MR) is 94.1 cm³/mol. The van der Waals surface area contributed by atoms with Gasteiger partial charge in [0.25, 0.3) is 5.91 Å². The zero-order valence-electron chi connectivity index (χ0n) is 13.1. The second-order valence-electron chi connectivity index (χ2n) is 5.07. The molecule has 0 aromatic heterocycles. The van der Waals surface area contributed by atoms with Crippen LogP contribution >= 0.6 is 11.6 Å². The van der Waals surface area contributed by atoms with Crippen LogP contribution in [0.2, 0.25) is 5.02 Å². The fourth-order valence-corrected chi connectivity index (χ4v) is 2.47. The van der Waals surface area contributed by atoms with Gasteiger partial charge in [0, 0.05) is 17.1 Å². The van der Waals surface area contributed by atoms with Crippen molar-refractivity contribution in [1.29, 1.82) is 0 Å². The fraction of sp³-hybridized carbons (Fsp3) is 0.158. The van der Waals surface area contributed by atoms with Crippen molar-refractivity contribution in [2.24, 2.45) is 0 Å². The van der Waals surface area contributed by atoms with E-state index >= 15 is 0 Å². The van der Waals surface area contributed by atoms with Gasteiger partial charge in [-0.3, -0.25) is 9.59 Å². The van der Waals surface area contributed by atoms with Gasteiger partial charge >= 0.3 is 5.97 Å². The van der Waals surface area contributed by atoms with E-state index in [0.29, 0.717) is 16.1 Å². The Bertz CT molecular complexity index is 716. The Balaban J connectivity index is 2.14. The molecule has 0 saturated carbocycles. The third-order valence-electron chi connectivity index (χ3n) is 3.41. The second-order valence-corrected chi connectivity index (χ2v) is 5.48. The summed E-state index contributed by atoms with van der Waals surface area (Å²) in [5, 5.41) is 3.21. The van der Waals surface area contributed by atoms with Gasteiger partial charge in [-0.05, 0) is 23.8 Å². The van der Waals surface area contributed by atoms with E-state index in [1.165, 1.54) is 6.08 Å². The monoisotopic (exact) mass is 343 g/mol. The largest absolute Gasteiger partial charge is 0.461 e. The van der Waals surface area contributed by atoms with Gasteiger partial charge in [-0.15, -0.1) is 0 Å². The number of rotatable bonds is 7. The Kier molecular flexibility index (Phi) is 6.58. The molecule has 2 aromatic rings. The number of hydrogen-bond acceptors (Lipinski definition) is 3. The van der Waals surface area contributed by atoms with Gasteiger partial charge in [-0.2, -0.15) is 0 Å². The van der Waals surface area contributed by atoms with Crippen LogP contribution < -0.4 is 5.32 Å². The van der Waals surface area contributed by atoms with Crippen LogP contribution in [0.4, 0.5) is 0 Å². The summed E-state index contributed by atoms with van der Waals surface area (Å²) < 4.78 is 5.13. The van der Waals surface area contributed by atoms with Crippen LogP contribution in [-0.2, 0) is 9.53 Å². The van der Waals surface area contributed by atoms with Crippen molar-refractivity contribution in [3.05, 3.63) is 83.4 Å². The van der Waals surface area contributed by atoms with Crippen LogP contribution in [-0.4, -0.2) is 25.0 Å². The normalized spacial score (nSPS) is 11.4. The maximum Gasteiger partial charge on any atom is 0.315 e. The lowest BCUT2D eigenvalue weighted by Gasteiger charge is -2.18. The molecule has 0 aliphatic heterocycles. The first-order valence-electron chi connectivity index (χ1n) is 7.48. The lowest BCUT2D eigenvalue weighted by molar-refractivity contribution is -0.144. The van der Waals surface area contributed by atoms with Gasteiger partial charge in [0.05, 0.1) is 0 Å². The third-order valence-corrected chi connectivity index (χ3v) is 3.76. The van der Waals surface area contributed by atoms with Crippen LogP contribution in [0.5, 0.6) is 0 Å². The molecule has 0 fully saturated rings. The van der Waals surface area contributed by atoms with Gasteiger partial charge in [0.2, 0.25) is 0 Å². The molecule has 24 heavy (non-hydrogen) atoms. The highest BCUT2D eigenvalue weighted by molar-refractivity contribution is 6.31. The molecule has 0 radical (unpaired) electrons. The minimum atomic E-state index is -0.689. The first kappa shape index (κ1) is 17.8. The highest BCUT2D eigenvalue weighted by atomic mass is 35.5. The molecule has 0 aliphatic carbocycles. The van der Waals surface area contributed by atoms with Crippen LogP contribution in [0.25, 0.3) is 0 Å². The number of halogens is 1. The molecule has 0 aliphatic rings. The molecule has 1 atom stereocenters. The molecule has 1 amide bonds. The van der Waals surface area contributed by atoms with Gasteiger partial charge in [0.15, 0.2) is 0 Å². The number of nitrogens with one attached hydrogen (secondary N) is 1. The van der Waals surface area contributed by atoms with E-state index in [9.17, 15) is 9.59 Å². The van der Waals surface area contributed by atoms with Crippen LogP contribution in [0.15, 0.2) is 67.3 Å². The molecule has 0 bridgehead atoms. The number of ether oxygens (including phenoxy) is 1. The second kappa shape index (κ2) is 8.89. The average molecular weight is 344 g/mol. The summed E-state index contributed by atoms with van der Waals surface area (Å²) in [5.41, 5.74) is 1.14. The van der Waals surface area contributed by atoms with Crippen molar-refractivity contribution in [1.82, 2.24) is 5.32 Å². The van der Waals surface area contributed by atoms with E-state index in [2.05, 4.69) is 11.9 Å². The third kappa shape index (κ3) is 4.70. The molecule has 0 saturated heterocycles. The summed E-state index contributed by atoms with van der Waals surface area (Å²) in [6.07, 6.45) is 1.49. The number of esters is 1. The Morgan fingerprint density at radius 2 is 1.79 bits per heavy atom. The van der Waals surface area contributed by atoms with Gasteiger partial charge < -0.3 is 10.1 Å². The molecule has 0 spiro atoms. The van der Waals surface area contributed by atoms with E-state index < -0.39 is 11.9 Å². The maximum absolute atomic E-state index is 12.3. The van der Waals surface area contributed by atoms with Crippen molar-refractivity contribution >= 4 is 23.5 Å². The van der Waals surface area contributed by atoms with Crippen LogP contribution in [0.3, 0.4) is 0 Å². The van der Waals surface area contributed by atoms with E-state index in [0.717, 1.165) is 0 Å². The molecule has 2 aromatic carbocycles. The van der Waals surface area contributed by atoms with Gasteiger partial charge in [-0.25, -0.2) is 0 Å². The lowest BCUT2D eigenvalue weighted by Crippen LogP contribution is -2.32. The highest BCUT2D eigenvalue weighted by Crippen LogP contribution is 2.25. The Hall–Kier alpha value is -2.59. The van der Waals surface area contributed by atoms with Crippen LogP contribution in [0.1, 0.15) is 21.8 Å². The smallest absolute Gasteiger partial charge is 0.315 e. The summed E-state index contributed by atoms with van der Waals surface area (Å²) >= 11 is 6.19. The quantitative estimate of drug-likeness (QED) is 0.617. The van der Waals surface area contributed by atoms with Crippen molar-refractivity contribution < 1.29 is 14.3 Å². The zero-order valence-corrected chi connectivity index (χ0v) is 13.8. The van der Waals surface area contributed by atoms with Gasteiger partial charge in [0.1, 0.15) is 12.5 Å². The van der Waals surface area contributed by atoms with Crippen molar-refractivity contribution in [2.75, 3.05) is 13.2 Å². The summed E-state index contributed by atoms with van der Waals surface area (Å²) in [7, 11) is 0. The summed E-state index contributed by atoms with van der Waals surface area (Å²) in [4.78, 5) is 24.5. The average Bonchev–Trinajstić information content (AvgIpc) is 2.62. The highest BCUT2D eigenvalue weighted by Gasteiger charge is 2.25. The van der Waals surface area contributed by atoms with E-state index in [4.69, 9.17) is 16.3 Å². The first-order valence-corrected chi connectivity index (χ1v) is 7.86. The molecule has 1 N–H and O–H groups in total. The van der Waals surface area contributed by atoms with Crippen LogP contribution in [0, 0.1) is 0 Å². The van der Waals surface area contributed by atoms with E-state index in [1.54, 1.807) is 48.5 Å². The maximum atomic E-state index is 12.3. The number of carbonyl (C=O) groups is 2. The minimum Gasteiger partial charge on any atom is -0.461 e.